The van der Waals surface area contributed by atoms with Gasteiger partial charge >= 0.3 is 6.18 Å². The molecule has 1 unspecified atom stereocenters. The average molecular weight is 939 g/mol. The molecular formula is C44H48F6N12O5. The number of morpholine rings is 1. The zero-order chi connectivity index (χ0) is 47.2. The van der Waals surface area contributed by atoms with Crippen LogP contribution in [-0.2, 0) is 26.1 Å². The quantitative estimate of drug-likeness (QED) is 0.0988. The lowest BCUT2D eigenvalue weighted by atomic mass is 9.85. The van der Waals surface area contributed by atoms with Crippen molar-refractivity contribution < 1.29 is 50.2 Å². The zero-order valence-corrected chi connectivity index (χ0v) is 36.3. The summed E-state index contributed by atoms with van der Waals surface area (Å²) in [6.07, 6.45) is -2.10. The van der Waals surface area contributed by atoms with Crippen molar-refractivity contribution in [1.82, 2.24) is 44.4 Å². The molecule has 1 saturated carbocycles. The number of fused-ring (bicyclic) bond motifs is 2. The lowest BCUT2D eigenvalue weighted by Gasteiger charge is -2.45. The van der Waals surface area contributed by atoms with Gasteiger partial charge in [0.25, 0.3) is 12.3 Å². The van der Waals surface area contributed by atoms with Gasteiger partial charge in [0, 0.05) is 57.4 Å². The summed E-state index contributed by atoms with van der Waals surface area (Å²) in [5.41, 5.74) is 3.79. The Balaban J connectivity index is 0.769. The number of anilines is 2. The molecule has 0 spiro atoms. The minimum atomic E-state index is -4.88. The molecule has 17 nitrogen and oxygen atoms in total. The van der Waals surface area contributed by atoms with Crippen LogP contribution in [0.1, 0.15) is 90.6 Å². The van der Waals surface area contributed by atoms with E-state index in [1.165, 1.54) is 27.7 Å². The van der Waals surface area contributed by atoms with Crippen LogP contribution >= 0.6 is 0 Å². The monoisotopic (exact) mass is 938 g/mol. The SMILES string of the molecule is Cn1nc(C2CCC(=O)NC2=O)c2cccc(C#CCO[C@H]3CCN(C[C@H]4CC[C@H](n5cc(NC(=O)c6cnn7ccc(N8CCOC[C@@]8(N)C(F)(F)F)nc67)c(C(F)F)n5)CC4)C[C@H]3F)c21. The van der Waals surface area contributed by atoms with E-state index < -0.39 is 54.7 Å². The molecule has 4 atom stereocenters. The summed E-state index contributed by atoms with van der Waals surface area (Å²) in [6.45, 7) is 0.417. The molecule has 0 radical (unpaired) electrons. The Bertz CT molecular complexity index is 2740. The number of ether oxygens (including phenoxy) is 2. The van der Waals surface area contributed by atoms with Gasteiger partial charge < -0.3 is 19.7 Å². The van der Waals surface area contributed by atoms with Gasteiger partial charge in [0.1, 0.15) is 24.2 Å². The molecule has 356 valence electrons. The minimum Gasteiger partial charge on any atom is -0.375 e. The normalized spacial score (nSPS) is 25.4. The summed E-state index contributed by atoms with van der Waals surface area (Å²) in [5.74, 6) is 4.13. The second-order valence-electron chi connectivity index (χ2n) is 17.5. The highest BCUT2D eigenvalue weighted by molar-refractivity contribution is 6.08. The van der Waals surface area contributed by atoms with Crippen LogP contribution in [0, 0.1) is 17.8 Å². The van der Waals surface area contributed by atoms with Crippen LogP contribution in [0.25, 0.3) is 16.6 Å². The number of likely N-dealkylation sites (tertiary alicyclic amines) is 1. The van der Waals surface area contributed by atoms with Crippen molar-refractivity contribution in [1.29, 1.82) is 0 Å². The number of benzene rings is 1. The first-order chi connectivity index (χ1) is 32.1. The van der Waals surface area contributed by atoms with Gasteiger partial charge in [0.05, 0.1) is 59.9 Å². The molecule has 4 fully saturated rings. The number of nitrogens with two attached hydrogens (primary N) is 1. The number of piperidine rings is 2. The van der Waals surface area contributed by atoms with E-state index >= 15 is 4.39 Å². The van der Waals surface area contributed by atoms with Crippen LogP contribution in [0.5, 0.6) is 0 Å². The van der Waals surface area contributed by atoms with Crippen LogP contribution in [0.3, 0.4) is 0 Å². The number of hydrogen-bond donors (Lipinski definition) is 3. The van der Waals surface area contributed by atoms with E-state index in [1.54, 1.807) is 11.7 Å². The smallest absolute Gasteiger partial charge is 0.375 e. The Hall–Kier alpha value is -6.09. The number of nitrogens with one attached hydrogen (secondary N) is 2. The van der Waals surface area contributed by atoms with Gasteiger partial charge in [-0.05, 0) is 56.6 Å². The third-order valence-corrected chi connectivity index (χ3v) is 13.2. The first-order valence-electron chi connectivity index (χ1n) is 22.1. The van der Waals surface area contributed by atoms with Crippen molar-refractivity contribution in [3.63, 3.8) is 0 Å². The minimum absolute atomic E-state index is 0.0215. The van der Waals surface area contributed by atoms with Crippen LogP contribution in [0.2, 0.25) is 0 Å². The Morgan fingerprint density at radius 2 is 1.91 bits per heavy atom. The molecule has 3 saturated heterocycles. The highest BCUT2D eigenvalue weighted by Gasteiger charge is 2.58. The van der Waals surface area contributed by atoms with Gasteiger partial charge in [-0.25, -0.2) is 22.7 Å². The first kappa shape index (κ1) is 46.0. The van der Waals surface area contributed by atoms with Crippen molar-refractivity contribution in [2.75, 3.05) is 56.2 Å². The number of halogens is 6. The molecule has 3 aliphatic heterocycles. The van der Waals surface area contributed by atoms with Gasteiger partial charge in [0.15, 0.2) is 11.3 Å². The Labute approximate surface area is 379 Å². The van der Waals surface area contributed by atoms with Crippen molar-refractivity contribution in [3.05, 3.63) is 65.4 Å². The first-order valence-corrected chi connectivity index (χ1v) is 22.1. The van der Waals surface area contributed by atoms with E-state index in [2.05, 4.69) is 47.7 Å². The summed E-state index contributed by atoms with van der Waals surface area (Å²) in [6, 6.07) is 6.60. The largest absolute Gasteiger partial charge is 0.427 e. The molecule has 7 heterocycles. The van der Waals surface area contributed by atoms with Crippen molar-refractivity contribution >= 4 is 45.8 Å². The van der Waals surface area contributed by atoms with Gasteiger partial charge in [-0.2, -0.15) is 28.5 Å². The maximum Gasteiger partial charge on any atom is 0.427 e. The number of imide groups is 1. The van der Waals surface area contributed by atoms with Crippen molar-refractivity contribution in [2.45, 2.75) is 87.4 Å². The van der Waals surface area contributed by atoms with E-state index in [0.29, 0.717) is 50.0 Å². The van der Waals surface area contributed by atoms with Crippen molar-refractivity contribution in [2.24, 2.45) is 18.7 Å². The highest BCUT2D eigenvalue weighted by atomic mass is 19.4. The molecule has 4 aliphatic rings. The maximum absolute atomic E-state index is 15.5. The molecule has 1 aliphatic carbocycles. The number of carbonyl (C=O) groups excluding carboxylic acids is 3. The summed E-state index contributed by atoms with van der Waals surface area (Å²) < 4.78 is 101. The van der Waals surface area contributed by atoms with Crippen LogP contribution in [0.4, 0.5) is 37.8 Å². The summed E-state index contributed by atoms with van der Waals surface area (Å²) in [5, 5.41) is 18.5. The molecule has 1 aromatic carbocycles. The number of para-hydroxylation sites is 1. The zero-order valence-electron chi connectivity index (χ0n) is 36.3. The topological polar surface area (TPSA) is 192 Å². The number of carbonyl (C=O) groups is 3. The Morgan fingerprint density at radius 3 is 2.66 bits per heavy atom. The van der Waals surface area contributed by atoms with E-state index in [0.717, 1.165) is 34.8 Å². The molecular weight excluding hydrogens is 891 g/mol. The fourth-order valence-corrected chi connectivity index (χ4v) is 9.64. The third kappa shape index (κ3) is 9.18. The number of hydrogen-bond acceptors (Lipinski definition) is 12. The lowest BCUT2D eigenvalue weighted by molar-refractivity contribution is -0.208. The van der Waals surface area contributed by atoms with E-state index in [9.17, 15) is 36.3 Å². The predicted molar refractivity (Wildman–Crippen MR) is 229 cm³/mol. The van der Waals surface area contributed by atoms with Crippen LogP contribution < -0.4 is 21.3 Å². The molecule has 23 heteroatoms. The number of alkyl halides is 6. The highest BCUT2D eigenvalue weighted by Crippen LogP contribution is 2.38. The lowest BCUT2D eigenvalue weighted by Crippen LogP contribution is -2.71. The molecule has 3 amide bonds. The molecule has 0 bridgehead atoms. The summed E-state index contributed by atoms with van der Waals surface area (Å²) in [7, 11) is 1.77. The fourth-order valence-electron chi connectivity index (χ4n) is 9.64. The fraction of sp³-hybridized carbons (Fsp3) is 0.523. The number of nitrogens with zero attached hydrogens (tertiary/aromatic N) is 9. The van der Waals surface area contributed by atoms with Crippen LogP contribution in [-0.4, -0.2) is 127 Å². The molecule has 9 rings (SSSR count). The molecule has 4 aromatic heterocycles. The van der Waals surface area contributed by atoms with E-state index in [1.807, 2.05) is 18.2 Å². The van der Waals surface area contributed by atoms with Gasteiger partial charge in [-0.15, -0.1) is 0 Å². The van der Waals surface area contributed by atoms with Gasteiger partial charge in [-0.3, -0.25) is 39.7 Å². The number of rotatable bonds is 10. The standard InChI is InChI=1S/C44H48F6N12O5/c1-58-38-26(4-2-6-28(38)36(56-58)29-11-12-35(63)55-41(29)64)5-3-18-67-33-13-15-59(22-31(33)45)21-25-7-9-27(10-8-25)62-23-32(37(57-62)39(46)47)53-42(65)30-20-52-61-16-14-34(54-40(30)61)60-17-19-66-24-43(60,51)44(48,49)50/h2,4,6,14,16,20,23,25,27,29,31,33,39H,7-13,15,17-19,21-22,24,51H2,1H3,(H,53,65)(H,55,63,64)/t25-,27-,29?,31-,33+,43+/m1/s1. The Kier molecular flexibility index (Phi) is 12.7. The molecule has 67 heavy (non-hydrogen) atoms. The number of aryl methyl sites for hydroxylation is 1. The van der Waals surface area contributed by atoms with Crippen LogP contribution in [0.15, 0.2) is 42.9 Å². The Morgan fingerprint density at radius 1 is 1.10 bits per heavy atom. The predicted octanol–water partition coefficient (Wildman–Crippen LogP) is 4.79. The number of amides is 3. The number of aromatic nitrogens is 7. The van der Waals surface area contributed by atoms with Gasteiger partial charge in [-0.1, -0.05) is 24.0 Å². The average Bonchev–Trinajstić information content (AvgIpc) is 4.01. The molecule has 4 N–H and O–H groups in total. The second-order valence-corrected chi connectivity index (χ2v) is 17.5. The molecule has 5 aromatic rings. The van der Waals surface area contributed by atoms with Gasteiger partial charge in [0.2, 0.25) is 17.5 Å². The maximum atomic E-state index is 15.5. The van der Waals surface area contributed by atoms with Crippen molar-refractivity contribution in [3.8, 4) is 11.8 Å². The van der Waals surface area contributed by atoms with E-state index in [4.69, 9.17) is 15.2 Å². The summed E-state index contributed by atoms with van der Waals surface area (Å²) in [4.78, 5) is 45.0. The third-order valence-electron chi connectivity index (χ3n) is 13.2. The summed E-state index contributed by atoms with van der Waals surface area (Å²) >= 11 is 0. The second kappa shape index (κ2) is 18.5. The van der Waals surface area contributed by atoms with E-state index in [-0.39, 0.29) is 79.2 Å².